The van der Waals surface area contributed by atoms with Crippen LogP contribution in [0.25, 0.3) is 0 Å². The minimum absolute atomic E-state index is 0.0799. The van der Waals surface area contributed by atoms with Crippen LogP contribution in [0.5, 0.6) is 0 Å². The number of anilines is 1. The molecule has 94 valence electrons. The lowest BCUT2D eigenvalue weighted by Gasteiger charge is -2.12. The first-order chi connectivity index (χ1) is 7.78. The third-order valence-electron chi connectivity index (χ3n) is 1.53. The number of rotatable bonds is 2. The number of carbonyl (C=O) groups excluding carboxylic acids is 1. The van der Waals surface area contributed by atoms with E-state index < -0.39 is 22.3 Å². The van der Waals surface area contributed by atoms with Crippen molar-refractivity contribution < 1.29 is 13.9 Å². The Hall–Kier alpha value is -0.420. The maximum absolute atomic E-state index is 13.3. The maximum Gasteiger partial charge on any atom is 0.411 e. The van der Waals surface area contributed by atoms with E-state index in [0.29, 0.717) is 0 Å². The van der Waals surface area contributed by atoms with Crippen LogP contribution < -0.4 is 5.32 Å². The molecule has 0 atom stereocenters. The minimum Gasteiger partial charge on any atom is -0.445 e. The van der Waals surface area contributed by atoms with Crippen LogP contribution in [0.4, 0.5) is 14.9 Å². The van der Waals surface area contributed by atoms with Gasteiger partial charge in [-0.15, -0.1) is 0 Å². The molecule has 1 amide bonds. The van der Waals surface area contributed by atoms with E-state index in [1.54, 1.807) is 0 Å². The van der Waals surface area contributed by atoms with E-state index in [2.05, 4.69) is 10.1 Å². The predicted molar refractivity (Wildman–Crippen MR) is 66.7 cm³/mol. The first-order valence-electron chi connectivity index (χ1n) is 4.23. The molecule has 1 N–H and O–H groups in total. The topological polar surface area (TPSA) is 38.3 Å². The molecule has 0 bridgehead atoms. The van der Waals surface area contributed by atoms with Crippen molar-refractivity contribution in [2.75, 3.05) is 11.9 Å². The summed E-state index contributed by atoms with van der Waals surface area (Å²) in [5.74, 6) is -0.691. The van der Waals surface area contributed by atoms with Gasteiger partial charge in [0.2, 0.25) is 3.79 Å². The van der Waals surface area contributed by atoms with E-state index in [0.717, 1.165) is 6.07 Å². The molecule has 0 heterocycles. The van der Waals surface area contributed by atoms with E-state index in [4.69, 9.17) is 46.4 Å². The molecule has 0 saturated carbocycles. The van der Waals surface area contributed by atoms with Crippen LogP contribution in [-0.2, 0) is 4.74 Å². The monoisotopic (exact) mass is 319 g/mol. The number of benzene rings is 1. The van der Waals surface area contributed by atoms with E-state index in [-0.39, 0.29) is 10.7 Å². The first-order valence-corrected chi connectivity index (χ1v) is 5.75. The van der Waals surface area contributed by atoms with Crippen molar-refractivity contribution in [3.05, 3.63) is 29.0 Å². The molecule has 8 heteroatoms. The predicted octanol–water partition coefficient (Wildman–Crippen LogP) is 4.40. The Morgan fingerprint density at radius 1 is 1.41 bits per heavy atom. The fourth-order valence-electron chi connectivity index (χ4n) is 0.884. The number of nitrogens with one attached hydrogen (secondary N) is 1. The number of hydrogen-bond donors (Lipinski definition) is 1. The van der Waals surface area contributed by atoms with E-state index in [1.807, 2.05) is 0 Å². The van der Waals surface area contributed by atoms with Crippen LogP contribution in [-0.4, -0.2) is 16.5 Å². The highest BCUT2D eigenvalue weighted by Gasteiger charge is 2.22. The van der Waals surface area contributed by atoms with Crippen molar-refractivity contribution in [1.82, 2.24) is 0 Å². The van der Waals surface area contributed by atoms with Crippen LogP contribution >= 0.6 is 46.4 Å². The zero-order chi connectivity index (χ0) is 13.1. The van der Waals surface area contributed by atoms with E-state index in [9.17, 15) is 9.18 Å². The van der Waals surface area contributed by atoms with Crippen molar-refractivity contribution in [2.24, 2.45) is 0 Å². The van der Waals surface area contributed by atoms with E-state index >= 15 is 0 Å². The molecule has 0 saturated heterocycles. The second-order valence-electron chi connectivity index (χ2n) is 2.94. The van der Waals surface area contributed by atoms with Crippen molar-refractivity contribution in [3.8, 4) is 0 Å². The average Bonchev–Trinajstić information content (AvgIpc) is 2.18. The molecule has 0 radical (unpaired) electrons. The van der Waals surface area contributed by atoms with Gasteiger partial charge < -0.3 is 4.74 Å². The Labute approximate surface area is 117 Å². The third-order valence-corrected chi connectivity index (χ3v) is 2.10. The molecule has 1 aromatic rings. The Bertz CT molecular complexity index is 422. The summed E-state index contributed by atoms with van der Waals surface area (Å²) in [6, 6.07) is 3.75. The van der Waals surface area contributed by atoms with Gasteiger partial charge in [0.05, 0.1) is 5.69 Å². The molecule has 0 aromatic heterocycles. The van der Waals surface area contributed by atoms with Gasteiger partial charge in [0.15, 0.2) is 0 Å². The second kappa shape index (κ2) is 5.96. The van der Waals surface area contributed by atoms with Gasteiger partial charge in [0, 0.05) is 5.02 Å². The zero-order valence-corrected chi connectivity index (χ0v) is 11.2. The van der Waals surface area contributed by atoms with Gasteiger partial charge in [0.1, 0.15) is 12.4 Å². The largest absolute Gasteiger partial charge is 0.445 e. The normalized spacial score (nSPS) is 11.1. The number of amides is 1. The lowest BCUT2D eigenvalue weighted by molar-refractivity contribution is 0.164. The first kappa shape index (κ1) is 14.6. The number of carbonyl (C=O) groups is 1. The Balaban J connectivity index is 2.57. The van der Waals surface area contributed by atoms with Gasteiger partial charge in [-0.1, -0.05) is 46.4 Å². The Morgan fingerprint density at radius 2 is 2.06 bits per heavy atom. The molecule has 1 aromatic carbocycles. The van der Waals surface area contributed by atoms with Crippen molar-refractivity contribution in [1.29, 1.82) is 0 Å². The maximum atomic E-state index is 13.3. The molecule has 3 nitrogen and oxygen atoms in total. The second-order valence-corrected chi connectivity index (χ2v) is 5.89. The highest BCUT2D eigenvalue weighted by molar-refractivity contribution is 6.67. The molecule has 0 spiro atoms. The van der Waals surface area contributed by atoms with Crippen LogP contribution in [0.15, 0.2) is 18.2 Å². The fraction of sp³-hybridized carbons (Fsp3) is 0.222. The van der Waals surface area contributed by atoms with Crippen LogP contribution in [0.3, 0.4) is 0 Å². The summed E-state index contributed by atoms with van der Waals surface area (Å²) >= 11 is 21.6. The van der Waals surface area contributed by atoms with Crippen LogP contribution in [0, 0.1) is 5.82 Å². The number of alkyl halides is 3. The average molecular weight is 321 g/mol. The summed E-state index contributed by atoms with van der Waals surface area (Å²) in [5, 5.41) is 2.35. The summed E-state index contributed by atoms with van der Waals surface area (Å²) in [5.41, 5.74) is -0.0799. The third kappa shape index (κ3) is 5.64. The highest BCUT2D eigenvalue weighted by Crippen LogP contribution is 2.26. The smallest absolute Gasteiger partial charge is 0.411 e. The zero-order valence-electron chi connectivity index (χ0n) is 8.15. The SMILES string of the molecule is O=C(Nc1ccc(Cl)cc1F)OCC(Cl)(Cl)Cl. The molecule has 0 aliphatic carbocycles. The number of ether oxygens (including phenoxy) is 1. The summed E-state index contributed by atoms with van der Waals surface area (Å²) in [6.07, 6.45) is -0.933. The standard InChI is InChI=1S/C9H6Cl4FNO2/c10-5-1-2-7(6(14)3-5)15-8(16)17-4-9(11,12)13/h1-3H,4H2,(H,15,16). The van der Waals surface area contributed by atoms with Gasteiger partial charge in [-0.05, 0) is 18.2 Å². The van der Waals surface area contributed by atoms with Crippen molar-refractivity contribution in [3.63, 3.8) is 0 Å². The summed E-state index contributed by atoms with van der Waals surface area (Å²) in [7, 11) is 0. The molecule has 0 aliphatic heterocycles. The van der Waals surface area contributed by atoms with Gasteiger partial charge >= 0.3 is 6.09 Å². The van der Waals surface area contributed by atoms with E-state index in [1.165, 1.54) is 12.1 Å². The fourth-order valence-corrected chi connectivity index (χ4v) is 1.21. The summed E-state index contributed by atoms with van der Waals surface area (Å²) in [6.45, 7) is -0.446. The van der Waals surface area contributed by atoms with Gasteiger partial charge in [0.25, 0.3) is 0 Å². The van der Waals surface area contributed by atoms with Gasteiger partial charge in [-0.3, -0.25) is 5.32 Å². The molecular formula is C9H6Cl4FNO2. The van der Waals surface area contributed by atoms with Gasteiger partial charge in [-0.2, -0.15) is 0 Å². The number of hydrogen-bond acceptors (Lipinski definition) is 2. The quantitative estimate of drug-likeness (QED) is 0.820. The lowest BCUT2D eigenvalue weighted by Crippen LogP contribution is -2.21. The summed E-state index contributed by atoms with van der Waals surface area (Å²) in [4.78, 5) is 11.2. The Morgan fingerprint density at radius 3 is 2.59 bits per heavy atom. The lowest BCUT2D eigenvalue weighted by atomic mass is 10.3. The van der Waals surface area contributed by atoms with Crippen LogP contribution in [0.2, 0.25) is 5.02 Å². The molecule has 0 unspecified atom stereocenters. The van der Waals surface area contributed by atoms with Gasteiger partial charge in [-0.25, -0.2) is 9.18 Å². The Kier molecular flexibility index (Phi) is 5.13. The molecule has 17 heavy (non-hydrogen) atoms. The van der Waals surface area contributed by atoms with Crippen LogP contribution in [0.1, 0.15) is 0 Å². The molecule has 1 rings (SSSR count). The molecule has 0 aliphatic rings. The highest BCUT2D eigenvalue weighted by atomic mass is 35.6. The summed E-state index contributed by atoms with van der Waals surface area (Å²) < 4.78 is 16.1. The van der Waals surface area contributed by atoms with Crippen molar-refractivity contribution in [2.45, 2.75) is 3.79 Å². The van der Waals surface area contributed by atoms with Crippen molar-refractivity contribution >= 4 is 58.2 Å². The number of halogens is 5. The molecular weight excluding hydrogens is 315 g/mol. The minimum atomic E-state index is -1.71. The molecule has 0 fully saturated rings.